The standard InChI is InChI=1S/C18H21N3O4S/c1-11-20-14(10-26-11)18(23)21-5-4-12-7-15(25-16(12)9-21)17(22)19-8-13-3-2-6-24-13/h2-3,6,10,12,15-16H,4-5,7-9H2,1H3,(H,19,22)/t12-,15+,16+/m1/s1. The number of likely N-dealkylation sites (tertiary alicyclic amines) is 1. The molecule has 0 bridgehead atoms. The van der Waals surface area contributed by atoms with E-state index >= 15 is 0 Å². The Balaban J connectivity index is 1.32. The predicted molar refractivity (Wildman–Crippen MR) is 94.7 cm³/mol. The molecule has 0 radical (unpaired) electrons. The van der Waals surface area contributed by atoms with E-state index in [0.717, 1.165) is 11.4 Å². The Bertz CT molecular complexity index is 788. The van der Waals surface area contributed by atoms with Crippen LogP contribution in [0.3, 0.4) is 0 Å². The predicted octanol–water partition coefficient (Wildman–Crippen LogP) is 1.98. The summed E-state index contributed by atoms with van der Waals surface area (Å²) in [6.45, 7) is 3.44. The first kappa shape index (κ1) is 17.2. The van der Waals surface area contributed by atoms with Gasteiger partial charge in [-0.25, -0.2) is 4.98 Å². The summed E-state index contributed by atoms with van der Waals surface area (Å²) in [6.07, 6.45) is 2.58. The van der Waals surface area contributed by atoms with E-state index in [9.17, 15) is 9.59 Å². The molecule has 0 aliphatic carbocycles. The Morgan fingerprint density at radius 3 is 3.08 bits per heavy atom. The Hall–Kier alpha value is -2.19. The lowest BCUT2D eigenvalue weighted by molar-refractivity contribution is -0.132. The third kappa shape index (κ3) is 3.52. The van der Waals surface area contributed by atoms with Gasteiger partial charge in [0.1, 0.15) is 17.6 Å². The minimum absolute atomic E-state index is 0.0536. The summed E-state index contributed by atoms with van der Waals surface area (Å²) in [6, 6.07) is 3.61. The number of aryl methyl sites for hydroxylation is 1. The van der Waals surface area contributed by atoms with Crippen LogP contribution in [0.1, 0.15) is 34.1 Å². The van der Waals surface area contributed by atoms with E-state index in [1.54, 1.807) is 22.6 Å². The number of ether oxygens (including phenoxy) is 1. The number of aromatic nitrogens is 1. The van der Waals surface area contributed by atoms with Gasteiger partial charge in [-0.05, 0) is 37.8 Å². The molecule has 138 valence electrons. The highest BCUT2D eigenvalue weighted by Crippen LogP contribution is 2.33. The molecule has 0 saturated carbocycles. The second-order valence-electron chi connectivity index (χ2n) is 6.75. The molecule has 4 rings (SSSR count). The highest BCUT2D eigenvalue weighted by Gasteiger charge is 2.43. The van der Waals surface area contributed by atoms with E-state index < -0.39 is 6.10 Å². The van der Waals surface area contributed by atoms with Crippen molar-refractivity contribution in [3.63, 3.8) is 0 Å². The van der Waals surface area contributed by atoms with Crippen LogP contribution in [0.15, 0.2) is 28.2 Å². The Morgan fingerprint density at radius 2 is 2.35 bits per heavy atom. The summed E-state index contributed by atoms with van der Waals surface area (Å²) in [5, 5.41) is 5.53. The molecule has 2 fully saturated rings. The van der Waals surface area contributed by atoms with Gasteiger partial charge in [0, 0.05) is 18.5 Å². The van der Waals surface area contributed by atoms with Gasteiger partial charge in [0.05, 0.1) is 23.9 Å². The maximum Gasteiger partial charge on any atom is 0.273 e. The molecule has 8 heteroatoms. The van der Waals surface area contributed by atoms with Gasteiger partial charge in [0.2, 0.25) is 5.91 Å². The number of amides is 2. The lowest BCUT2D eigenvalue weighted by Crippen LogP contribution is -2.45. The van der Waals surface area contributed by atoms with Crippen LogP contribution in [0.4, 0.5) is 0 Å². The first-order valence-corrected chi connectivity index (χ1v) is 9.65. The molecule has 2 aromatic rings. The van der Waals surface area contributed by atoms with Gasteiger partial charge in [0.15, 0.2) is 0 Å². The van der Waals surface area contributed by atoms with Crippen molar-refractivity contribution in [2.24, 2.45) is 5.92 Å². The number of hydrogen-bond acceptors (Lipinski definition) is 6. The van der Waals surface area contributed by atoms with Gasteiger partial charge >= 0.3 is 0 Å². The lowest BCUT2D eigenvalue weighted by Gasteiger charge is -2.33. The number of furan rings is 1. The minimum atomic E-state index is -0.462. The Morgan fingerprint density at radius 1 is 1.46 bits per heavy atom. The van der Waals surface area contributed by atoms with Crippen LogP contribution in [-0.2, 0) is 16.1 Å². The molecular weight excluding hydrogens is 354 g/mol. The molecule has 7 nitrogen and oxygen atoms in total. The number of carbonyl (C=O) groups is 2. The summed E-state index contributed by atoms with van der Waals surface area (Å²) in [7, 11) is 0. The number of piperidine rings is 1. The van der Waals surface area contributed by atoms with E-state index in [4.69, 9.17) is 9.15 Å². The molecule has 2 amide bonds. The van der Waals surface area contributed by atoms with Crippen molar-refractivity contribution < 1.29 is 18.7 Å². The number of fused-ring (bicyclic) bond motifs is 1. The third-order valence-electron chi connectivity index (χ3n) is 4.99. The fraction of sp³-hybridized carbons (Fsp3) is 0.500. The summed E-state index contributed by atoms with van der Waals surface area (Å²) < 4.78 is 11.2. The third-order valence-corrected chi connectivity index (χ3v) is 5.76. The molecule has 2 saturated heterocycles. The van der Waals surface area contributed by atoms with Gasteiger partial charge in [-0.15, -0.1) is 11.3 Å². The lowest BCUT2D eigenvalue weighted by atomic mass is 9.91. The molecule has 0 aromatic carbocycles. The largest absolute Gasteiger partial charge is 0.467 e. The summed E-state index contributed by atoms with van der Waals surface area (Å²) in [5.41, 5.74) is 0.497. The van der Waals surface area contributed by atoms with E-state index in [1.165, 1.54) is 11.3 Å². The topological polar surface area (TPSA) is 84.7 Å². The monoisotopic (exact) mass is 375 g/mol. The number of hydrogen-bond donors (Lipinski definition) is 1. The average molecular weight is 375 g/mol. The van der Waals surface area contributed by atoms with Crippen LogP contribution in [0, 0.1) is 12.8 Å². The van der Waals surface area contributed by atoms with E-state index in [-0.39, 0.29) is 17.9 Å². The van der Waals surface area contributed by atoms with Gasteiger partial charge in [-0.3, -0.25) is 9.59 Å². The van der Waals surface area contributed by atoms with Crippen molar-refractivity contribution in [3.05, 3.63) is 40.2 Å². The molecule has 2 aliphatic rings. The molecule has 0 spiro atoms. The zero-order valence-corrected chi connectivity index (χ0v) is 15.3. The number of thiazole rings is 1. The fourth-order valence-corrected chi connectivity index (χ4v) is 4.20. The molecule has 0 unspecified atom stereocenters. The van der Waals surface area contributed by atoms with E-state index in [1.807, 2.05) is 13.0 Å². The molecule has 1 N–H and O–H groups in total. The van der Waals surface area contributed by atoms with E-state index in [2.05, 4.69) is 10.3 Å². The Kier molecular flexibility index (Phi) is 4.78. The molecule has 2 aromatic heterocycles. The maximum absolute atomic E-state index is 12.6. The van der Waals surface area contributed by atoms with Crippen LogP contribution in [-0.4, -0.2) is 47.0 Å². The first-order valence-electron chi connectivity index (χ1n) is 8.77. The van der Waals surface area contributed by atoms with Crippen molar-refractivity contribution in [1.82, 2.24) is 15.2 Å². The summed E-state index contributed by atoms with van der Waals surface area (Å²) in [4.78, 5) is 31.0. The van der Waals surface area contributed by atoms with Gasteiger partial charge < -0.3 is 19.4 Å². The molecule has 4 heterocycles. The summed E-state index contributed by atoms with van der Waals surface area (Å²) >= 11 is 1.47. The number of rotatable bonds is 4. The van der Waals surface area contributed by atoms with Crippen LogP contribution in [0.5, 0.6) is 0 Å². The van der Waals surface area contributed by atoms with Gasteiger partial charge in [-0.1, -0.05) is 0 Å². The first-order chi connectivity index (χ1) is 12.6. The SMILES string of the molecule is Cc1nc(C(=O)N2CC[C@@H]3C[C@@H](C(=O)NCc4ccco4)O[C@H]3C2)cs1. The van der Waals surface area contributed by atoms with Crippen molar-refractivity contribution >= 4 is 23.2 Å². The van der Waals surface area contributed by atoms with Crippen molar-refractivity contribution in [1.29, 1.82) is 0 Å². The van der Waals surface area contributed by atoms with Crippen molar-refractivity contribution in [2.75, 3.05) is 13.1 Å². The van der Waals surface area contributed by atoms with Crippen LogP contribution < -0.4 is 5.32 Å². The average Bonchev–Trinajstić information content (AvgIpc) is 3.38. The Labute approximate surface area is 155 Å². The second kappa shape index (κ2) is 7.20. The summed E-state index contributed by atoms with van der Waals surface area (Å²) in [5.74, 6) is 0.852. The number of nitrogens with one attached hydrogen (secondary N) is 1. The maximum atomic E-state index is 12.6. The van der Waals surface area contributed by atoms with Crippen LogP contribution in [0.2, 0.25) is 0 Å². The zero-order chi connectivity index (χ0) is 18.1. The molecular formula is C18H21N3O4S. The number of carbonyl (C=O) groups excluding carboxylic acids is 2. The smallest absolute Gasteiger partial charge is 0.273 e. The van der Waals surface area contributed by atoms with Crippen molar-refractivity contribution in [2.45, 2.75) is 38.5 Å². The van der Waals surface area contributed by atoms with Crippen molar-refractivity contribution in [3.8, 4) is 0 Å². The van der Waals surface area contributed by atoms with Crippen LogP contribution in [0.25, 0.3) is 0 Å². The van der Waals surface area contributed by atoms with Gasteiger partial charge in [-0.2, -0.15) is 0 Å². The highest BCUT2D eigenvalue weighted by atomic mass is 32.1. The molecule has 2 aliphatic heterocycles. The van der Waals surface area contributed by atoms with Gasteiger partial charge in [0.25, 0.3) is 5.91 Å². The fourth-order valence-electron chi connectivity index (χ4n) is 3.61. The molecule has 26 heavy (non-hydrogen) atoms. The normalized spacial score (nSPS) is 25.1. The molecule has 3 atom stereocenters. The zero-order valence-electron chi connectivity index (χ0n) is 14.5. The van der Waals surface area contributed by atoms with E-state index in [0.29, 0.717) is 43.4 Å². The quantitative estimate of drug-likeness (QED) is 0.883. The highest BCUT2D eigenvalue weighted by molar-refractivity contribution is 7.09. The number of nitrogens with zero attached hydrogens (tertiary/aromatic N) is 2. The van der Waals surface area contributed by atoms with Crippen LogP contribution >= 0.6 is 11.3 Å². The minimum Gasteiger partial charge on any atom is -0.467 e. The second-order valence-corrected chi connectivity index (χ2v) is 7.81.